The molecular formula is C17H24N4. The van der Waals surface area contributed by atoms with Crippen LogP contribution in [0.15, 0.2) is 42.7 Å². The third kappa shape index (κ3) is 4.08. The molecule has 0 radical (unpaired) electrons. The summed E-state index contributed by atoms with van der Waals surface area (Å²) < 4.78 is 1.96. The Hall–Kier alpha value is -1.81. The van der Waals surface area contributed by atoms with E-state index in [-0.39, 0.29) is 0 Å². The van der Waals surface area contributed by atoms with E-state index in [0.717, 1.165) is 6.54 Å². The summed E-state index contributed by atoms with van der Waals surface area (Å²) in [7, 11) is 2.22. The number of anilines is 1. The molecule has 3 rings (SSSR count). The lowest BCUT2D eigenvalue weighted by Crippen LogP contribution is -2.23. The minimum atomic E-state index is 0.593. The SMILES string of the molecule is CN1CCCC(Nc2cccc(Cn3cccn3)c2)CC1. The Balaban J connectivity index is 1.62. The Morgan fingerprint density at radius 2 is 2.19 bits per heavy atom. The second kappa shape index (κ2) is 6.76. The molecule has 112 valence electrons. The van der Waals surface area contributed by atoms with Gasteiger partial charge in [-0.1, -0.05) is 12.1 Å². The van der Waals surface area contributed by atoms with Crippen LogP contribution in [-0.4, -0.2) is 40.9 Å². The highest BCUT2D eigenvalue weighted by Crippen LogP contribution is 2.18. The molecule has 0 saturated carbocycles. The fourth-order valence-corrected chi connectivity index (χ4v) is 2.96. The van der Waals surface area contributed by atoms with E-state index >= 15 is 0 Å². The van der Waals surface area contributed by atoms with Crippen LogP contribution in [0.4, 0.5) is 5.69 Å². The molecule has 0 spiro atoms. The molecule has 1 N–H and O–H groups in total. The molecule has 1 saturated heterocycles. The zero-order valence-electron chi connectivity index (χ0n) is 12.7. The van der Waals surface area contributed by atoms with Crippen molar-refractivity contribution < 1.29 is 0 Å². The quantitative estimate of drug-likeness (QED) is 0.937. The Bertz CT molecular complexity index is 550. The van der Waals surface area contributed by atoms with Crippen LogP contribution in [0.25, 0.3) is 0 Å². The van der Waals surface area contributed by atoms with Gasteiger partial charge in [-0.15, -0.1) is 0 Å². The van der Waals surface area contributed by atoms with Crippen LogP contribution in [-0.2, 0) is 6.54 Å². The first kappa shape index (κ1) is 14.1. The van der Waals surface area contributed by atoms with Gasteiger partial charge < -0.3 is 10.2 Å². The van der Waals surface area contributed by atoms with E-state index in [9.17, 15) is 0 Å². The fourth-order valence-electron chi connectivity index (χ4n) is 2.96. The molecule has 21 heavy (non-hydrogen) atoms. The molecular weight excluding hydrogens is 260 g/mol. The number of likely N-dealkylation sites (tertiary alicyclic amines) is 1. The number of nitrogens with zero attached hydrogens (tertiary/aromatic N) is 3. The maximum absolute atomic E-state index is 4.27. The van der Waals surface area contributed by atoms with Gasteiger partial charge >= 0.3 is 0 Å². The first-order valence-corrected chi connectivity index (χ1v) is 7.81. The van der Waals surface area contributed by atoms with Crippen LogP contribution in [0.1, 0.15) is 24.8 Å². The van der Waals surface area contributed by atoms with E-state index in [0.29, 0.717) is 6.04 Å². The molecule has 0 aliphatic carbocycles. The monoisotopic (exact) mass is 284 g/mol. The van der Waals surface area contributed by atoms with E-state index in [1.165, 1.54) is 43.6 Å². The normalized spacial score (nSPS) is 20.1. The molecule has 1 aromatic heterocycles. The predicted molar refractivity (Wildman–Crippen MR) is 86.5 cm³/mol. The smallest absolute Gasteiger partial charge is 0.0660 e. The van der Waals surface area contributed by atoms with Crippen LogP contribution >= 0.6 is 0 Å². The maximum Gasteiger partial charge on any atom is 0.0660 e. The summed E-state index contributed by atoms with van der Waals surface area (Å²) >= 11 is 0. The van der Waals surface area contributed by atoms with Crippen molar-refractivity contribution in [1.29, 1.82) is 0 Å². The van der Waals surface area contributed by atoms with Gasteiger partial charge in [-0.05, 0) is 63.2 Å². The molecule has 1 unspecified atom stereocenters. The number of nitrogens with one attached hydrogen (secondary N) is 1. The standard InChI is InChI=1S/C17H24N4/c1-20-10-3-7-16(8-12-20)19-17-6-2-5-15(13-17)14-21-11-4-9-18-21/h2,4-6,9,11,13,16,19H,3,7-8,10,12,14H2,1H3. The fraction of sp³-hybridized carbons (Fsp3) is 0.471. The highest BCUT2D eigenvalue weighted by molar-refractivity contribution is 5.46. The molecule has 1 aromatic carbocycles. The van der Waals surface area contributed by atoms with Crippen molar-refractivity contribution in [2.75, 3.05) is 25.5 Å². The number of hydrogen-bond acceptors (Lipinski definition) is 3. The third-order valence-corrected chi connectivity index (χ3v) is 4.15. The van der Waals surface area contributed by atoms with Gasteiger partial charge in [-0.25, -0.2) is 0 Å². The molecule has 4 nitrogen and oxygen atoms in total. The lowest BCUT2D eigenvalue weighted by Gasteiger charge is -2.18. The third-order valence-electron chi connectivity index (χ3n) is 4.15. The van der Waals surface area contributed by atoms with Gasteiger partial charge in [-0.2, -0.15) is 5.10 Å². The van der Waals surface area contributed by atoms with Gasteiger partial charge in [0.05, 0.1) is 6.54 Å². The highest BCUT2D eigenvalue weighted by Gasteiger charge is 2.14. The Morgan fingerprint density at radius 1 is 1.24 bits per heavy atom. The van der Waals surface area contributed by atoms with Gasteiger partial charge in [0.1, 0.15) is 0 Å². The number of aromatic nitrogens is 2. The topological polar surface area (TPSA) is 33.1 Å². The largest absolute Gasteiger partial charge is 0.382 e. The number of rotatable bonds is 4. The summed E-state index contributed by atoms with van der Waals surface area (Å²) in [6, 6.07) is 11.3. The molecule has 2 heterocycles. The Kier molecular flexibility index (Phi) is 4.55. The van der Waals surface area contributed by atoms with E-state index in [1.807, 2.05) is 23.1 Å². The molecule has 2 aromatic rings. The lowest BCUT2D eigenvalue weighted by atomic mass is 10.1. The average molecular weight is 284 g/mol. The van der Waals surface area contributed by atoms with Crippen molar-refractivity contribution >= 4 is 5.69 Å². The van der Waals surface area contributed by atoms with Gasteiger partial charge in [0.2, 0.25) is 0 Å². The first-order chi connectivity index (χ1) is 10.3. The van der Waals surface area contributed by atoms with Gasteiger partial charge in [0.15, 0.2) is 0 Å². The van der Waals surface area contributed by atoms with Gasteiger partial charge in [0.25, 0.3) is 0 Å². The first-order valence-electron chi connectivity index (χ1n) is 7.81. The number of hydrogen-bond donors (Lipinski definition) is 1. The van der Waals surface area contributed by atoms with Crippen molar-refractivity contribution in [3.8, 4) is 0 Å². The summed E-state index contributed by atoms with van der Waals surface area (Å²) in [5, 5.41) is 7.97. The minimum absolute atomic E-state index is 0.593. The van der Waals surface area contributed by atoms with Crippen molar-refractivity contribution in [1.82, 2.24) is 14.7 Å². The highest BCUT2D eigenvalue weighted by atomic mass is 15.3. The molecule has 1 aliphatic rings. The second-order valence-electron chi connectivity index (χ2n) is 5.98. The van der Waals surface area contributed by atoms with Crippen LogP contribution in [0, 0.1) is 0 Å². The van der Waals surface area contributed by atoms with E-state index in [4.69, 9.17) is 0 Å². The van der Waals surface area contributed by atoms with E-state index < -0.39 is 0 Å². The van der Waals surface area contributed by atoms with Crippen molar-refractivity contribution in [3.63, 3.8) is 0 Å². The second-order valence-corrected chi connectivity index (χ2v) is 5.98. The Labute approximate surface area is 126 Å². The molecule has 4 heteroatoms. The molecule has 1 atom stereocenters. The summed E-state index contributed by atoms with van der Waals surface area (Å²) in [5.74, 6) is 0. The van der Waals surface area contributed by atoms with Crippen LogP contribution in [0.5, 0.6) is 0 Å². The van der Waals surface area contributed by atoms with Crippen molar-refractivity contribution in [2.45, 2.75) is 31.8 Å². The van der Waals surface area contributed by atoms with Crippen molar-refractivity contribution in [2.24, 2.45) is 0 Å². The zero-order chi connectivity index (χ0) is 14.5. The molecule has 1 aliphatic heterocycles. The van der Waals surface area contributed by atoms with Gasteiger partial charge in [0, 0.05) is 24.1 Å². The molecule has 1 fully saturated rings. The Morgan fingerprint density at radius 3 is 3.05 bits per heavy atom. The lowest BCUT2D eigenvalue weighted by molar-refractivity contribution is 0.348. The van der Waals surface area contributed by atoms with Crippen molar-refractivity contribution in [3.05, 3.63) is 48.3 Å². The average Bonchev–Trinajstić information content (AvgIpc) is 2.89. The zero-order valence-corrected chi connectivity index (χ0v) is 12.7. The van der Waals surface area contributed by atoms with Crippen LogP contribution < -0.4 is 5.32 Å². The number of benzene rings is 1. The maximum atomic E-state index is 4.27. The summed E-state index contributed by atoms with van der Waals surface area (Å²) in [6.45, 7) is 3.23. The summed E-state index contributed by atoms with van der Waals surface area (Å²) in [5.41, 5.74) is 2.52. The van der Waals surface area contributed by atoms with Gasteiger partial charge in [-0.3, -0.25) is 4.68 Å². The van der Waals surface area contributed by atoms with E-state index in [1.54, 1.807) is 0 Å². The van der Waals surface area contributed by atoms with Crippen LogP contribution in [0.2, 0.25) is 0 Å². The predicted octanol–water partition coefficient (Wildman–Crippen LogP) is 2.83. The minimum Gasteiger partial charge on any atom is -0.382 e. The van der Waals surface area contributed by atoms with E-state index in [2.05, 4.69) is 46.6 Å². The summed E-state index contributed by atoms with van der Waals surface area (Å²) in [4.78, 5) is 2.43. The molecule has 0 amide bonds. The molecule has 0 bridgehead atoms. The van der Waals surface area contributed by atoms with Crippen LogP contribution in [0.3, 0.4) is 0 Å². The summed E-state index contributed by atoms with van der Waals surface area (Å²) in [6.07, 6.45) is 7.58.